The monoisotopic (exact) mass is 837 g/mol. The molecule has 0 amide bonds. The summed E-state index contributed by atoms with van der Waals surface area (Å²) in [5.74, 6) is 0.737. The molecule has 64 heavy (non-hydrogen) atoms. The molecule has 2 heteroatoms. The first-order chi connectivity index (χ1) is 31.6. The lowest BCUT2D eigenvalue weighted by molar-refractivity contribution is 0.726. The van der Waals surface area contributed by atoms with E-state index in [1.54, 1.807) is 0 Å². The van der Waals surface area contributed by atoms with Crippen molar-refractivity contribution in [3.05, 3.63) is 241 Å². The lowest BCUT2D eigenvalue weighted by Gasteiger charge is -2.28. The SMILES string of the molecule is CC1CC=CC=C1c1ccc(N(c2ccc(-c3cccc4ccccc34)cc2)c2ccc3c(c2)[C@H](c2ccccc2)CCc2ccc(-c4ccc5sc6ccccc6c5c4)cc2-3)cc1. The van der Waals surface area contributed by atoms with Crippen LogP contribution in [0.1, 0.15) is 47.9 Å². The van der Waals surface area contributed by atoms with Crippen LogP contribution < -0.4 is 4.90 Å². The van der Waals surface area contributed by atoms with Gasteiger partial charge in [0.2, 0.25) is 0 Å². The van der Waals surface area contributed by atoms with Crippen LogP contribution in [0.4, 0.5) is 17.1 Å². The minimum atomic E-state index is 0.242. The van der Waals surface area contributed by atoms with Gasteiger partial charge in [0.15, 0.2) is 0 Å². The molecule has 0 saturated heterocycles. The minimum absolute atomic E-state index is 0.242. The van der Waals surface area contributed by atoms with Crippen molar-refractivity contribution in [1.82, 2.24) is 0 Å². The van der Waals surface area contributed by atoms with Gasteiger partial charge in [-0.25, -0.2) is 0 Å². The molecule has 0 saturated carbocycles. The van der Waals surface area contributed by atoms with Gasteiger partial charge in [-0.1, -0.05) is 165 Å². The Morgan fingerprint density at radius 2 is 1.16 bits per heavy atom. The number of aryl methyl sites for hydroxylation is 1. The normalized spacial score (nSPS) is 15.7. The summed E-state index contributed by atoms with van der Waals surface area (Å²) in [6, 6.07) is 75.2. The van der Waals surface area contributed by atoms with Crippen molar-refractivity contribution < 1.29 is 0 Å². The standard InChI is InChI=1S/C62H47NS/c1-41-12-5-7-17-52(41)44-24-30-49(31-25-44)63(50-32-26-45(27-33-50)54-20-11-16-43-15-6-8-18-53(43)54)51-34-36-56-58-38-47(48-29-37-62-60(39-48)57-19-9-10-21-61(57)64-62)23-22-46(58)28-35-55(59(56)40-51)42-13-3-2-4-14-42/h2-11,13-27,29-34,36-41,55H,12,28,35H2,1H3/t41?,55-/m0/s1. The molecule has 0 radical (unpaired) electrons. The van der Waals surface area contributed by atoms with Crippen LogP contribution in [-0.4, -0.2) is 0 Å². The number of hydrogen-bond donors (Lipinski definition) is 0. The molecular weight excluding hydrogens is 791 g/mol. The molecule has 1 heterocycles. The number of anilines is 3. The van der Waals surface area contributed by atoms with Crippen molar-refractivity contribution in [3.8, 4) is 33.4 Å². The first-order valence-electron chi connectivity index (χ1n) is 22.7. The van der Waals surface area contributed by atoms with Crippen LogP contribution >= 0.6 is 11.3 Å². The van der Waals surface area contributed by atoms with Gasteiger partial charge in [-0.15, -0.1) is 11.3 Å². The average molecular weight is 838 g/mol. The van der Waals surface area contributed by atoms with E-state index in [0.717, 1.165) is 36.3 Å². The van der Waals surface area contributed by atoms with Gasteiger partial charge in [0, 0.05) is 43.2 Å². The Labute approximate surface area is 379 Å². The largest absolute Gasteiger partial charge is 0.310 e. The highest BCUT2D eigenvalue weighted by Gasteiger charge is 2.26. The van der Waals surface area contributed by atoms with Crippen molar-refractivity contribution in [2.75, 3.05) is 4.90 Å². The molecule has 9 aromatic carbocycles. The third kappa shape index (κ3) is 6.87. The summed E-state index contributed by atoms with van der Waals surface area (Å²) >= 11 is 1.88. The van der Waals surface area contributed by atoms with Gasteiger partial charge >= 0.3 is 0 Å². The molecule has 10 aromatic rings. The Bertz CT molecular complexity index is 3420. The number of hydrogen-bond acceptors (Lipinski definition) is 2. The first kappa shape index (κ1) is 38.4. The van der Waals surface area contributed by atoms with E-state index in [2.05, 4.69) is 230 Å². The van der Waals surface area contributed by atoms with Crippen LogP contribution in [0.3, 0.4) is 0 Å². The highest BCUT2D eigenvalue weighted by atomic mass is 32.1. The summed E-state index contributed by atoms with van der Waals surface area (Å²) in [5, 5.41) is 5.20. The Kier molecular flexibility index (Phi) is 9.69. The highest BCUT2D eigenvalue weighted by Crippen LogP contribution is 2.47. The average Bonchev–Trinajstić information content (AvgIpc) is 3.65. The van der Waals surface area contributed by atoms with E-state index < -0.39 is 0 Å². The van der Waals surface area contributed by atoms with Gasteiger partial charge in [0.05, 0.1) is 0 Å². The van der Waals surface area contributed by atoms with E-state index in [1.165, 1.54) is 92.2 Å². The third-order valence-corrected chi connectivity index (χ3v) is 15.0. The lowest BCUT2D eigenvalue weighted by Crippen LogP contribution is -2.12. The molecular formula is C62H47NS. The molecule has 1 aromatic heterocycles. The van der Waals surface area contributed by atoms with Crippen LogP contribution in [-0.2, 0) is 6.42 Å². The van der Waals surface area contributed by atoms with Gasteiger partial charge < -0.3 is 4.90 Å². The summed E-state index contributed by atoms with van der Waals surface area (Å²) in [4.78, 5) is 2.46. The van der Waals surface area contributed by atoms with Crippen LogP contribution in [0.25, 0.3) is 69.9 Å². The Morgan fingerprint density at radius 3 is 1.98 bits per heavy atom. The summed E-state index contributed by atoms with van der Waals surface area (Å²) in [6.07, 6.45) is 9.89. The van der Waals surface area contributed by atoms with Crippen LogP contribution in [0.15, 0.2) is 218 Å². The van der Waals surface area contributed by atoms with Crippen molar-refractivity contribution in [1.29, 1.82) is 0 Å². The lowest BCUT2D eigenvalue weighted by atomic mass is 9.85. The Hall–Kier alpha value is -7.26. The summed E-state index contributed by atoms with van der Waals surface area (Å²) < 4.78 is 2.68. The van der Waals surface area contributed by atoms with Crippen LogP contribution in [0, 0.1) is 5.92 Å². The van der Waals surface area contributed by atoms with E-state index >= 15 is 0 Å². The van der Waals surface area contributed by atoms with E-state index in [4.69, 9.17) is 0 Å². The number of benzene rings is 9. The maximum absolute atomic E-state index is 2.50. The zero-order valence-electron chi connectivity index (χ0n) is 35.9. The molecule has 1 nitrogen and oxygen atoms in total. The molecule has 1 unspecified atom stereocenters. The quantitative estimate of drug-likeness (QED) is 0.155. The maximum atomic E-state index is 2.50. The van der Waals surface area contributed by atoms with E-state index in [0.29, 0.717) is 5.92 Å². The van der Waals surface area contributed by atoms with Gasteiger partial charge in [-0.05, 0) is 158 Å². The topological polar surface area (TPSA) is 3.24 Å². The molecule has 0 fully saturated rings. The number of thiophene rings is 1. The van der Waals surface area contributed by atoms with Gasteiger partial charge in [-0.3, -0.25) is 0 Å². The fraction of sp³-hybridized carbons (Fsp3) is 0.0968. The summed E-state index contributed by atoms with van der Waals surface area (Å²) in [5.41, 5.74) is 17.9. The predicted octanol–water partition coefficient (Wildman–Crippen LogP) is 17.7. The number of fused-ring (bicyclic) bond motifs is 7. The third-order valence-electron chi connectivity index (χ3n) is 13.8. The molecule has 2 aliphatic rings. The van der Waals surface area contributed by atoms with E-state index in [-0.39, 0.29) is 5.92 Å². The van der Waals surface area contributed by atoms with Crippen LogP contribution in [0.5, 0.6) is 0 Å². The molecule has 0 bridgehead atoms. The smallest absolute Gasteiger partial charge is 0.0465 e. The van der Waals surface area contributed by atoms with Crippen LogP contribution in [0.2, 0.25) is 0 Å². The van der Waals surface area contributed by atoms with Gasteiger partial charge in [0.1, 0.15) is 0 Å². The molecule has 2 atom stereocenters. The second kappa shape index (κ2) is 16.1. The summed E-state index contributed by atoms with van der Waals surface area (Å²) in [6.45, 7) is 2.33. The molecule has 0 spiro atoms. The fourth-order valence-electron chi connectivity index (χ4n) is 10.5. The fourth-order valence-corrected chi connectivity index (χ4v) is 11.6. The zero-order chi connectivity index (χ0) is 42.6. The molecule has 0 aliphatic heterocycles. The molecule has 12 rings (SSSR count). The zero-order valence-corrected chi connectivity index (χ0v) is 36.7. The summed E-state index contributed by atoms with van der Waals surface area (Å²) in [7, 11) is 0. The van der Waals surface area contributed by atoms with Crippen molar-refractivity contribution >= 4 is 64.9 Å². The van der Waals surface area contributed by atoms with Crippen molar-refractivity contribution in [2.24, 2.45) is 5.92 Å². The van der Waals surface area contributed by atoms with E-state index in [9.17, 15) is 0 Å². The van der Waals surface area contributed by atoms with E-state index in [1.807, 2.05) is 11.3 Å². The minimum Gasteiger partial charge on any atom is -0.310 e. The Morgan fingerprint density at radius 1 is 0.484 bits per heavy atom. The van der Waals surface area contributed by atoms with Crippen molar-refractivity contribution in [2.45, 2.75) is 32.1 Å². The van der Waals surface area contributed by atoms with Crippen molar-refractivity contribution in [3.63, 3.8) is 0 Å². The van der Waals surface area contributed by atoms with Gasteiger partial charge in [-0.2, -0.15) is 0 Å². The molecule has 0 N–H and O–H groups in total. The predicted molar refractivity (Wildman–Crippen MR) is 275 cm³/mol. The number of allylic oxidation sites excluding steroid dienone is 4. The Balaban J connectivity index is 1.00. The first-order valence-corrected chi connectivity index (χ1v) is 23.5. The highest BCUT2D eigenvalue weighted by molar-refractivity contribution is 7.25. The molecule has 2 aliphatic carbocycles. The molecule has 306 valence electrons. The number of rotatable bonds is 7. The second-order valence-electron chi connectivity index (χ2n) is 17.6. The second-order valence-corrected chi connectivity index (χ2v) is 18.7. The maximum Gasteiger partial charge on any atom is 0.0465 e. The van der Waals surface area contributed by atoms with Gasteiger partial charge in [0.25, 0.3) is 0 Å². The number of nitrogens with zero attached hydrogens (tertiary/aromatic N) is 1.